The number of rotatable bonds is 2. The number of nitrogens with zero attached hydrogens (tertiary/aromatic N) is 2. The molecule has 16 heavy (non-hydrogen) atoms. The van der Waals surface area contributed by atoms with Gasteiger partial charge >= 0.3 is 0 Å². The quantitative estimate of drug-likeness (QED) is 0.761. The minimum absolute atomic E-state index is 0.693. The Kier molecular flexibility index (Phi) is 3.73. The molecule has 0 N–H and O–H groups in total. The lowest BCUT2D eigenvalue weighted by molar-refractivity contribution is 0.290. The van der Waals surface area contributed by atoms with E-state index in [-0.39, 0.29) is 0 Å². The van der Waals surface area contributed by atoms with Crippen LogP contribution in [0.15, 0.2) is 6.07 Å². The first-order valence-corrected chi connectivity index (χ1v) is 7.11. The smallest absolute Gasteiger partial charge is 0.0596 e. The Morgan fingerprint density at radius 2 is 2.25 bits per heavy atom. The Hall–Kier alpha value is -0.310. The molecule has 2 nitrogen and oxygen atoms in total. The maximum atomic E-state index is 4.42. The molecule has 0 spiro atoms. The van der Waals surface area contributed by atoms with Crippen molar-refractivity contribution in [1.82, 2.24) is 9.78 Å². The second-order valence-corrected chi connectivity index (χ2v) is 6.48. The van der Waals surface area contributed by atoms with E-state index in [1.54, 1.807) is 0 Å². The van der Waals surface area contributed by atoms with Crippen LogP contribution in [0.3, 0.4) is 0 Å². The van der Waals surface area contributed by atoms with E-state index in [4.69, 9.17) is 0 Å². The monoisotopic (exact) mass is 284 g/mol. The molecule has 2 rings (SSSR count). The summed E-state index contributed by atoms with van der Waals surface area (Å²) in [6, 6.07) is 2.22. The van der Waals surface area contributed by atoms with E-state index >= 15 is 0 Å². The molecule has 1 fully saturated rings. The summed E-state index contributed by atoms with van der Waals surface area (Å²) in [5, 5.41) is 4.42. The van der Waals surface area contributed by atoms with Crippen molar-refractivity contribution in [3.05, 3.63) is 17.5 Å². The third-order valence-electron chi connectivity index (χ3n) is 3.72. The predicted octanol–water partition coefficient (Wildman–Crippen LogP) is 3.47. The molecule has 90 valence electrons. The maximum absolute atomic E-state index is 4.42. The average molecular weight is 285 g/mol. The summed E-state index contributed by atoms with van der Waals surface area (Å²) in [5.41, 5.74) is 2.51. The van der Waals surface area contributed by atoms with Gasteiger partial charge in [-0.05, 0) is 50.5 Å². The van der Waals surface area contributed by atoms with E-state index in [2.05, 4.69) is 48.0 Å². The van der Waals surface area contributed by atoms with Crippen molar-refractivity contribution < 1.29 is 0 Å². The predicted molar refractivity (Wildman–Crippen MR) is 70.9 cm³/mol. The van der Waals surface area contributed by atoms with Crippen molar-refractivity contribution in [2.75, 3.05) is 0 Å². The summed E-state index contributed by atoms with van der Waals surface area (Å²) < 4.78 is 2.04. The molecule has 0 bridgehead atoms. The highest BCUT2D eigenvalue weighted by Crippen LogP contribution is 2.35. The van der Waals surface area contributed by atoms with E-state index in [1.165, 1.54) is 25.0 Å². The summed E-state index contributed by atoms with van der Waals surface area (Å²) in [7, 11) is 2.05. The molecule has 0 radical (unpaired) electrons. The van der Waals surface area contributed by atoms with Crippen LogP contribution in [-0.2, 0) is 13.5 Å². The second kappa shape index (κ2) is 4.91. The molecule has 1 saturated carbocycles. The maximum Gasteiger partial charge on any atom is 0.0596 e. The summed E-state index contributed by atoms with van der Waals surface area (Å²) >= 11 is 3.84. The van der Waals surface area contributed by atoms with Crippen LogP contribution in [0.2, 0.25) is 0 Å². The molecule has 0 aromatic carbocycles. The van der Waals surface area contributed by atoms with Gasteiger partial charge in [0.2, 0.25) is 0 Å². The van der Waals surface area contributed by atoms with Crippen molar-refractivity contribution in [3.8, 4) is 0 Å². The number of halogens is 1. The largest absolute Gasteiger partial charge is 0.272 e. The average Bonchev–Trinajstić information content (AvgIpc) is 2.51. The van der Waals surface area contributed by atoms with Crippen LogP contribution >= 0.6 is 15.9 Å². The molecular weight excluding hydrogens is 264 g/mol. The molecule has 3 unspecified atom stereocenters. The Morgan fingerprint density at radius 1 is 1.50 bits per heavy atom. The highest BCUT2D eigenvalue weighted by molar-refractivity contribution is 9.09. The lowest BCUT2D eigenvalue weighted by Crippen LogP contribution is -2.26. The van der Waals surface area contributed by atoms with Crippen LogP contribution < -0.4 is 0 Å². The summed E-state index contributed by atoms with van der Waals surface area (Å²) in [6.07, 6.45) is 5.21. The van der Waals surface area contributed by atoms with Gasteiger partial charge in [0.15, 0.2) is 0 Å². The van der Waals surface area contributed by atoms with Gasteiger partial charge in [-0.3, -0.25) is 4.68 Å². The summed E-state index contributed by atoms with van der Waals surface area (Å²) in [4.78, 5) is 0.693. The fourth-order valence-corrected chi connectivity index (χ4v) is 3.46. The zero-order chi connectivity index (χ0) is 11.7. The molecule has 3 heteroatoms. The first-order valence-electron chi connectivity index (χ1n) is 6.20. The van der Waals surface area contributed by atoms with Gasteiger partial charge in [0.25, 0.3) is 0 Å². The topological polar surface area (TPSA) is 17.8 Å². The molecule has 1 heterocycles. The van der Waals surface area contributed by atoms with E-state index < -0.39 is 0 Å². The molecule has 1 aliphatic rings. The molecule has 1 aliphatic carbocycles. The van der Waals surface area contributed by atoms with Gasteiger partial charge in [-0.2, -0.15) is 5.10 Å². The normalized spacial score (nSPS) is 30.6. The van der Waals surface area contributed by atoms with Crippen molar-refractivity contribution in [2.45, 2.75) is 44.4 Å². The number of hydrogen-bond acceptors (Lipinski definition) is 1. The fraction of sp³-hybridized carbons (Fsp3) is 0.769. The van der Waals surface area contributed by atoms with Crippen LogP contribution in [0, 0.1) is 18.8 Å². The summed E-state index contributed by atoms with van der Waals surface area (Å²) in [5.74, 6) is 1.66. The number of alkyl halides is 1. The van der Waals surface area contributed by atoms with Gasteiger partial charge < -0.3 is 0 Å². The first-order chi connectivity index (χ1) is 7.56. The number of hydrogen-bond donors (Lipinski definition) is 0. The van der Waals surface area contributed by atoms with Crippen molar-refractivity contribution >= 4 is 15.9 Å². The highest BCUT2D eigenvalue weighted by atomic mass is 79.9. The minimum atomic E-state index is 0.693. The first kappa shape index (κ1) is 12.2. The second-order valence-electron chi connectivity index (χ2n) is 5.30. The van der Waals surface area contributed by atoms with Crippen LogP contribution in [0.5, 0.6) is 0 Å². The lowest BCUT2D eigenvalue weighted by atomic mass is 9.80. The Labute approximate surface area is 107 Å². The third kappa shape index (κ3) is 2.68. The van der Waals surface area contributed by atoms with Gasteiger partial charge in [-0.1, -0.05) is 22.9 Å². The van der Waals surface area contributed by atoms with Crippen LogP contribution in [0.4, 0.5) is 0 Å². The van der Waals surface area contributed by atoms with Crippen molar-refractivity contribution in [1.29, 1.82) is 0 Å². The molecule has 0 amide bonds. The van der Waals surface area contributed by atoms with Gasteiger partial charge in [0.1, 0.15) is 0 Å². The zero-order valence-corrected chi connectivity index (χ0v) is 12.0. The zero-order valence-electron chi connectivity index (χ0n) is 10.4. The van der Waals surface area contributed by atoms with E-state index in [1.807, 2.05) is 4.68 Å². The Morgan fingerprint density at radius 3 is 2.88 bits per heavy atom. The standard InChI is InChI=1S/C13H21BrN2/c1-9-4-5-13(14)11(6-9)8-12-7-10(2)15-16(12)3/h7,9,11,13H,4-6,8H2,1-3H3. The Bertz CT molecular complexity index is 359. The molecular formula is C13H21BrN2. The SMILES string of the molecule is Cc1cc(CC2CC(C)CCC2Br)n(C)n1. The van der Waals surface area contributed by atoms with Crippen LogP contribution in [0.1, 0.15) is 37.6 Å². The van der Waals surface area contributed by atoms with E-state index in [9.17, 15) is 0 Å². The molecule has 0 saturated heterocycles. The van der Waals surface area contributed by atoms with Crippen molar-refractivity contribution in [2.24, 2.45) is 18.9 Å². The van der Waals surface area contributed by atoms with Gasteiger partial charge in [-0.15, -0.1) is 0 Å². The Balaban J connectivity index is 2.05. The molecule has 1 aromatic heterocycles. The molecule has 0 aliphatic heterocycles. The highest BCUT2D eigenvalue weighted by Gasteiger charge is 2.27. The third-order valence-corrected chi connectivity index (χ3v) is 4.93. The van der Waals surface area contributed by atoms with Crippen molar-refractivity contribution in [3.63, 3.8) is 0 Å². The summed E-state index contributed by atoms with van der Waals surface area (Å²) in [6.45, 7) is 4.44. The van der Waals surface area contributed by atoms with Crippen LogP contribution in [-0.4, -0.2) is 14.6 Å². The minimum Gasteiger partial charge on any atom is -0.272 e. The van der Waals surface area contributed by atoms with Gasteiger partial charge in [0.05, 0.1) is 5.69 Å². The molecule has 1 aromatic rings. The molecule has 3 atom stereocenters. The van der Waals surface area contributed by atoms with Crippen LogP contribution in [0.25, 0.3) is 0 Å². The van der Waals surface area contributed by atoms with Gasteiger partial charge in [0, 0.05) is 17.6 Å². The number of aromatic nitrogens is 2. The van der Waals surface area contributed by atoms with E-state index in [0.717, 1.165) is 24.0 Å². The van der Waals surface area contributed by atoms with Gasteiger partial charge in [-0.25, -0.2) is 0 Å². The lowest BCUT2D eigenvalue weighted by Gasteiger charge is -2.31. The fourth-order valence-electron chi connectivity index (χ4n) is 2.80. The van der Waals surface area contributed by atoms with E-state index in [0.29, 0.717) is 4.83 Å². The number of aryl methyl sites for hydroxylation is 2.